The lowest BCUT2D eigenvalue weighted by molar-refractivity contribution is 0.0686. The van der Waals surface area contributed by atoms with Crippen LogP contribution in [0, 0.1) is 9.39 Å². The van der Waals surface area contributed by atoms with Gasteiger partial charge >= 0.3 is 5.97 Å². The molecular formula is C15H9BrFIN2O2. The highest BCUT2D eigenvalue weighted by Crippen LogP contribution is 2.27. The van der Waals surface area contributed by atoms with Gasteiger partial charge in [-0.1, -0.05) is 6.07 Å². The highest BCUT2D eigenvalue weighted by Gasteiger charge is 2.17. The zero-order chi connectivity index (χ0) is 15.9. The van der Waals surface area contributed by atoms with Crippen LogP contribution >= 0.6 is 38.5 Å². The average molecular weight is 475 g/mol. The molecule has 0 radical (unpaired) electrons. The first-order valence-electron chi connectivity index (χ1n) is 6.27. The molecule has 3 rings (SSSR count). The van der Waals surface area contributed by atoms with E-state index in [2.05, 4.69) is 20.9 Å². The molecule has 2 heterocycles. The number of carboxylic acids is 1. The van der Waals surface area contributed by atoms with E-state index < -0.39 is 5.97 Å². The highest BCUT2D eigenvalue weighted by molar-refractivity contribution is 14.1. The Hall–Kier alpha value is -1.48. The minimum Gasteiger partial charge on any atom is -0.477 e. The quantitative estimate of drug-likeness (QED) is 0.576. The van der Waals surface area contributed by atoms with Crippen molar-refractivity contribution in [3.05, 3.63) is 61.8 Å². The molecule has 1 aromatic carbocycles. The predicted octanol–water partition coefficient (Wildman–Crippen LogP) is 4.29. The van der Waals surface area contributed by atoms with Gasteiger partial charge in [-0.15, -0.1) is 0 Å². The van der Waals surface area contributed by atoms with Crippen LogP contribution in [0.2, 0.25) is 0 Å². The Balaban J connectivity index is 2.18. The van der Waals surface area contributed by atoms with Gasteiger partial charge in [-0.3, -0.25) is 4.98 Å². The van der Waals surface area contributed by atoms with Crippen LogP contribution in [-0.4, -0.2) is 20.6 Å². The zero-order valence-electron chi connectivity index (χ0n) is 11.1. The number of hydrogen-bond donors (Lipinski definition) is 1. The number of fused-ring (bicyclic) bond motifs is 1. The molecule has 0 fully saturated rings. The van der Waals surface area contributed by atoms with E-state index in [-0.39, 0.29) is 18.1 Å². The van der Waals surface area contributed by atoms with Gasteiger partial charge in [0.25, 0.3) is 0 Å². The van der Waals surface area contributed by atoms with Gasteiger partial charge in [-0.2, -0.15) is 0 Å². The number of rotatable bonds is 3. The fourth-order valence-electron chi connectivity index (χ4n) is 2.30. The molecule has 0 amide bonds. The Morgan fingerprint density at radius 3 is 2.82 bits per heavy atom. The molecule has 0 spiro atoms. The third-order valence-corrected chi connectivity index (χ3v) is 4.65. The number of aromatic nitrogens is 2. The number of halogens is 3. The highest BCUT2D eigenvalue weighted by atomic mass is 127. The summed E-state index contributed by atoms with van der Waals surface area (Å²) in [6.45, 7) is 0.131. The SMILES string of the molecule is O=C(O)c1cc2c(Br)cncc2n1Cc1ccc(I)cc1F. The maximum absolute atomic E-state index is 14.1. The first kappa shape index (κ1) is 15.4. The summed E-state index contributed by atoms with van der Waals surface area (Å²) in [5, 5.41) is 10.1. The molecule has 0 aliphatic carbocycles. The largest absolute Gasteiger partial charge is 0.477 e. The Bertz CT molecular complexity index is 895. The molecule has 0 atom stereocenters. The maximum atomic E-state index is 14.1. The predicted molar refractivity (Wildman–Crippen MR) is 92.6 cm³/mol. The Labute approximate surface area is 147 Å². The molecule has 0 unspecified atom stereocenters. The second-order valence-corrected chi connectivity index (χ2v) is 6.81. The lowest BCUT2D eigenvalue weighted by Crippen LogP contribution is -2.10. The normalized spacial score (nSPS) is 11.0. The summed E-state index contributed by atoms with van der Waals surface area (Å²) in [5.41, 5.74) is 1.17. The number of carboxylic acid groups (broad SMARTS) is 1. The first-order chi connectivity index (χ1) is 10.5. The molecule has 0 bridgehead atoms. The molecule has 22 heavy (non-hydrogen) atoms. The molecule has 1 N–H and O–H groups in total. The molecule has 0 aliphatic rings. The van der Waals surface area contributed by atoms with Crippen molar-refractivity contribution in [3.8, 4) is 0 Å². The molecule has 0 aliphatic heterocycles. The Morgan fingerprint density at radius 1 is 1.36 bits per heavy atom. The topological polar surface area (TPSA) is 55.1 Å². The summed E-state index contributed by atoms with van der Waals surface area (Å²) in [4.78, 5) is 15.5. The minimum absolute atomic E-state index is 0.0988. The number of pyridine rings is 1. The summed E-state index contributed by atoms with van der Waals surface area (Å²) in [7, 11) is 0. The fourth-order valence-corrected chi connectivity index (χ4v) is 3.19. The van der Waals surface area contributed by atoms with Gasteiger partial charge in [0, 0.05) is 25.2 Å². The van der Waals surface area contributed by atoms with Crippen molar-refractivity contribution in [1.29, 1.82) is 0 Å². The lowest BCUT2D eigenvalue weighted by Gasteiger charge is -2.09. The number of nitrogens with zero attached hydrogens (tertiary/aromatic N) is 2. The summed E-state index contributed by atoms with van der Waals surface area (Å²) in [5.74, 6) is -1.41. The van der Waals surface area contributed by atoms with Crippen molar-refractivity contribution >= 4 is 55.4 Å². The van der Waals surface area contributed by atoms with Gasteiger partial charge in [-0.25, -0.2) is 9.18 Å². The smallest absolute Gasteiger partial charge is 0.352 e. The van der Waals surface area contributed by atoms with E-state index in [9.17, 15) is 14.3 Å². The summed E-state index contributed by atoms with van der Waals surface area (Å²) < 4.78 is 17.1. The summed E-state index contributed by atoms with van der Waals surface area (Å²) in [6.07, 6.45) is 3.18. The third-order valence-electron chi connectivity index (χ3n) is 3.34. The number of hydrogen-bond acceptors (Lipinski definition) is 2. The van der Waals surface area contributed by atoms with Crippen molar-refractivity contribution in [2.45, 2.75) is 6.54 Å². The number of aromatic carboxylic acids is 1. The van der Waals surface area contributed by atoms with Crippen LogP contribution < -0.4 is 0 Å². The standard InChI is InChI=1S/C15H9BrFIN2O2/c16-11-5-19-6-14-10(11)4-13(15(21)22)20(14)7-8-1-2-9(18)3-12(8)17/h1-6H,7H2,(H,21,22). The van der Waals surface area contributed by atoms with Crippen LogP contribution in [0.5, 0.6) is 0 Å². The van der Waals surface area contributed by atoms with E-state index in [1.165, 1.54) is 6.07 Å². The zero-order valence-corrected chi connectivity index (χ0v) is 14.8. The van der Waals surface area contributed by atoms with Gasteiger partial charge in [0.15, 0.2) is 0 Å². The molecule has 3 aromatic rings. The molecule has 0 saturated heterocycles. The molecule has 112 valence electrons. The Morgan fingerprint density at radius 2 is 2.14 bits per heavy atom. The van der Waals surface area contributed by atoms with Gasteiger partial charge in [-0.05, 0) is 56.7 Å². The minimum atomic E-state index is -1.06. The van der Waals surface area contributed by atoms with Gasteiger partial charge < -0.3 is 9.67 Å². The molecule has 7 heteroatoms. The fraction of sp³-hybridized carbons (Fsp3) is 0.0667. The van der Waals surface area contributed by atoms with Crippen LogP contribution in [0.1, 0.15) is 16.1 Å². The van der Waals surface area contributed by atoms with Gasteiger partial charge in [0.1, 0.15) is 11.5 Å². The van der Waals surface area contributed by atoms with E-state index in [1.54, 1.807) is 35.2 Å². The van der Waals surface area contributed by atoms with Crippen LogP contribution in [0.15, 0.2) is 41.1 Å². The summed E-state index contributed by atoms with van der Waals surface area (Å²) in [6, 6.07) is 6.45. The van der Waals surface area contributed by atoms with E-state index in [1.807, 2.05) is 22.6 Å². The lowest BCUT2D eigenvalue weighted by atomic mass is 10.2. The third kappa shape index (κ3) is 2.74. The van der Waals surface area contributed by atoms with Crippen molar-refractivity contribution in [2.24, 2.45) is 0 Å². The number of carbonyl (C=O) groups is 1. The summed E-state index contributed by atoms with van der Waals surface area (Å²) >= 11 is 5.39. The molecule has 0 saturated carbocycles. The molecular weight excluding hydrogens is 466 g/mol. The Kier molecular flexibility index (Phi) is 4.18. The van der Waals surface area contributed by atoms with E-state index in [4.69, 9.17) is 0 Å². The second-order valence-electron chi connectivity index (χ2n) is 4.71. The van der Waals surface area contributed by atoms with Crippen LogP contribution in [0.3, 0.4) is 0 Å². The first-order valence-corrected chi connectivity index (χ1v) is 8.14. The average Bonchev–Trinajstić information content (AvgIpc) is 2.82. The van der Waals surface area contributed by atoms with Crippen molar-refractivity contribution in [1.82, 2.24) is 9.55 Å². The number of benzene rings is 1. The van der Waals surface area contributed by atoms with Crippen LogP contribution in [0.4, 0.5) is 4.39 Å². The maximum Gasteiger partial charge on any atom is 0.352 e. The van der Waals surface area contributed by atoms with Crippen molar-refractivity contribution in [2.75, 3.05) is 0 Å². The van der Waals surface area contributed by atoms with E-state index >= 15 is 0 Å². The monoisotopic (exact) mass is 474 g/mol. The molecule has 2 aromatic heterocycles. The second kappa shape index (κ2) is 5.96. The molecule has 4 nitrogen and oxygen atoms in total. The van der Waals surface area contributed by atoms with Crippen molar-refractivity contribution < 1.29 is 14.3 Å². The van der Waals surface area contributed by atoms with Crippen molar-refractivity contribution in [3.63, 3.8) is 0 Å². The van der Waals surface area contributed by atoms with Crippen LogP contribution in [0.25, 0.3) is 10.9 Å². The van der Waals surface area contributed by atoms with Crippen LogP contribution in [-0.2, 0) is 6.54 Å². The van der Waals surface area contributed by atoms with E-state index in [0.717, 1.165) is 8.96 Å². The van der Waals surface area contributed by atoms with Gasteiger partial charge in [0.2, 0.25) is 0 Å². The van der Waals surface area contributed by atoms with Gasteiger partial charge in [0.05, 0.1) is 18.3 Å². The van der Waals surface area contributed by atoms with E-state index in [0.29, 0.717) is 15.6 Å².